The molecule has 1 aromatic heterocycles. The van der Waals surface area contributed by atoms with Gasteiger partial charge >= 0.3 is 6.18 Å². The second-order valence-corrected chi connectivity index (χ2v) is 8.89. The minimum Gasteiger partial charge on any atom is -0.506 e. The highest BCUT2D eigenvalue weighted by Gasteiger charge is 2.40. The molecule has 0 saturated heterocycles. The summed E-state index contributed by atoms with van der Waals surface area (Å²) in [7, 11) is 1.76. The van der Waals surface area contributed by atoms with E-state index in [9.17, 15) is 27.9 Å². The third-order valence-electron chi connectivity index (χ3n) is 6.22. The molecule has 2 aromatic carbocycles. The first-order valence-corrected chi connectivity index (χ1v) is 11.6. The van der Waals surface area contributed by atoms with Gasteiger partial charge in [0.15, 0.2) is 5.78 Å². The SMILES string of the molecule is Cn1cnc(C(=O)NCc2ccc(COc3ccc(C(=O)C4CCCC4)c(O)c3C(F)(F)F)cc2)c1. The number of ether oxygens (including phenoxy) is 1. The maximum absolute atomic E-state index is 13.8. The van der Waals surface area contributed by atoms with Crippen molar-refractivity contribution in [3.05, 3.63) is 76.9 Å². The molecule has 0 unspecified atom stereocenters. The Labute approximate surface area is 205 Å². The van der Waals surface area contributed by atoms with Crippen LogP contribution in [0.3, 0.4) is 0 Å². The molecule has 1 saturated carbocycles. The molecule has 190 valence electrons. The summed E-state index contributed by atoms with van der Waals surface area (Å²) in [5, 5.41) is 13.1. The van der Waals surface area contributed by atoms with E-state index in [1.165, 1.54) is 12.4 Å². The Bertz CT molecular complexity index is 1250. The molecule has 1 aliphatic rings. The summed E-state index contributed by atoms with van der Waals surface area (Å²) in [5.41, 5.74) is 0.000964. The monoisotopic (exact) mass is 501 g/mol. The molecule has 1 fully saturated rings. The second kappa shape index (κ2) is 10.4. The van der Waals surface area contributed by atoms with Gasteiger partial charge in [-0.15, -0.1) is 0 Å². The average Bonchev–Trinajstić information content (AvgIpc) is 3.53. The van der Waals surface area contributed by atoms with E-state index < -0.39 is 29.0 Å². The summed E-state index contributed by atoms with van der Waals surface area (Å²) in [6.07, 6.45) is 1.14. The van der Waals surface area contributed by atoms with E-state index in [4.69, 9.17) is 4.74 Å². The molecule has 0 radical (unpaired) electrons. The van der Waals surface area contributed by atoms with E-state index in [-0.39, 0.29) is 30.5 Å². The Balaban J connectivity index is 1.42. The number of ketones is 1. The van der Waals surface area contributed by atoms with Gasteiger partial charge in [-0.2, -0.15) is 13.2 Å². The van der Waals surface area contributed by atoms with Crippen molar-refractivity contribution >= 4 is 11.7 Å². The van der Waals surface area contributed by atoms with Crippen LogP contribution in [0.15, 0.2) is 48.9 Å². The quantitative estimate of drug-likeness (QED) is 0.423. The summed E-state index contributed by atoms with van der Waals surface area (Å²) in [4.78, 5) is 28.7. The van der Waals surface area contributed by atoms with Gasteiger partial charge < -0.3 is 19.7 Å². The topological polar surface area (TPSA) is 93.5 Å². The largest absolute Gasteiger partial charge is 0.506 e. The minimum absolute atomic E-state index is 0.182. The summed E-state index contributed by atoms with van der Waals surface area (Å²) >= 11 is 0. The molecule has 2 N–H and O–H groups in total. The van der Waals surface area contributed by atoms with Crippen molar-refractivity contribution in [2.45, 2.75) is 45.0 Å². The normalized spacial score (nSPS) is 14.1. The molecular formula is C26H26F3N3O4. The fourth-order valence-electron chi connectivity index (χ4n) is 4.29. The van der Waals surface area contributed by atoms with Crippen LogP contribution in [0, 0.1) is 5.92 Å². The van der Waals surface area contributed by atoms with Gasteiger partial charge in [0.1, 0.15) is 29.4 Å². The number of halogens is 3. The summed E-state index contributed by atoms with van der Waals surface area (Å²) < 4.78 is 48.5. The van der Waals surface area contributed by atoms with E-state index in [1.807, 2.05) is 0 Å². The van der Waals surface area contributed by atoms with Crippen molar-refractivity contribution in [2.24, 2.45) is 13.0 Å². The number of hydrogen-bond acceptors (Lipinski definition) is 5. The third kappa shape index (κ3) is 5.69. The number of phenols is 1. The van der Waals surface area contributed by atoms with Crippen LogP contribution in [-0.2, 0) is 26.4 Å². The number of hydrogen-bond donors (Lipinski definition) is 2. The van der Waals surface area contributed by atoms with Crippen molar-refractivity contribution < 1.29 is 32.6 Å². The number of aryl methyl sites for hydroxylation is 1. The number of carbonyl (C=O) groups is 2. The maximum Gasteiger partial charge on any atom is 0.423 e. The first-order valence-electron chi connectivity index (χ1n) is 11.6. The standard InChI is InChI=1S/C26H26F3N3O4/c1-32-13-20(31-15-32)25(35)30-12-16-6-8-17(9-7-16)14-36-21-11-10-19(23(33)18-4-2-3-5-18)24(34)22(21)26(27,28)29/h6-11,13,15,18,34H,2-5,12,14H2,1H3,(H,30,35). The molecule has 36 heavy (non-hydrogen) atoms. The zero-order chi connectivity index (χ0) is 25.9. The highest BCUT2D eigenvalue weighted by Crippen LogP contribution is 2.45. The van der Waals surface area contributed by atoms with E-state index in [0.29, 0.717) is 24.1 Å². The molecule has 1 aliphatic carbocycles. The predicted octanol–water partition coefficient (Wildman–Crippen LogP) is 5.03. The zero-order valence-electron chi connectivity index (χ0n) is 19.6. The van der Waals surface area contributed by atoms with Crippen molar-refractivity contribution in [1.82, 2.24) is 14.9 Å². The van der Waals surface area contributed by atoms with Gasteiger partial charge in [0, 0.05) is 25.7 Å². The number of phenolic OH excluding ortho intramolecular Hbond substituents is 1. The second-order valence-electron chi connectivity index (χ2n) is 8.89. The van der Waals surface area contributed by atoms with Gasteiger partial charge in [0.25, 0.3) is 5.91 Å². The van der Waals surface area contributed by atoms with Gasteiger partial charge in [0.05, 0.1) is 11.9 Å². The number of aromatic hydroxyl groups is 1. The maximum atomic E-state index is 13.8. The molecule has 0 aliphatic heterocycles. The van der Waals surface area contributed by atoms with Crippen molar-refractivity contribution in [2.75, 3.05) is 0 Å². The van der Waals surface area contributed by atoms with Crippen molar-refractivity contribution in [3.8, 4) is 11.5 Å². The molecule has 1 heterocycles. The number of nitrogens with one attached hydrogen (secondary N) is 1. The zero-order valence-corrected chi connectivity index (χ0v) is 19.6. The van der Waals surface area contributed by atoms with Gasteiger partial charge in [-0.3, -0.25) is 9.59 Å². The van der Waals surface area contributed by atoms with Crippen LogP contribution in [0.1, 0.15) is 63.2 Å². The van der Waals surface area contributed by atoms with Crippen LogP contribution < -0.4 is 10.1 Å². The van der Waals surface area contributed by atoms with Crippen molar-refractivity contribution in [1.29, 1.82) is 0 Å². The number of nitrogens with zero attached hydrogens (tertiary/aromatic N) is 2. The van der Waals surface area contributed by atoms with E-state index in [0.717, 1.165) is 24.5 Å². The summed E-state index contributed by atoms with van der Waals surface area (Å²) in [6.45, 7) is 0.0676. The summed E-state index contributed by atoms with van der Waals surface area (Å²) in [5.74, 6) is -2.79. The van der Waals surface area contributed by atoms with E-state index in [1.54, 1.807) is 42.1 Å². The molecule has 3 aromatic rings. The van der Waals surface area contributed by atoms with Crippen LogP contribution in [0.2, 0.25) is 0 Å². The van der Waals surface area contributed by atoms with Gasteiger partial charge in [-0.05, 0) is 36.1 Å². The first-order chi connectivity index (χ1) is 17.1. The molecule has 7 nitrogen and oxygen atoms in total. The molecule has 0 atom stereocenters. The number of benzene rings is 2. The number of carbonyl (C=O) groups excluding carboxylic acids is 2. The Morgan fingerprint density at radius 3 is 2.39 bits per heavy atom. The van der Waals surface area contributed by atoms with Crippen LogP contribution in [0.4, 0.5) is 13.2 Å². The minimum atomic E-state index is -4.90. The first kappa shape index (κ1) is 25.3. The number of Topliss-reactive ketones (excluding diaryl/α,β-unsaturated/α-hetero) is 1. The van der Waals surface area contributed by atoms with Crippen LogP contribution in [0.25, 0.3) is 0 Å². The summed E-state index contributed by atoms with van der Waals surface area (Å²) in [6, 6.07) is 9.09. The molecule has 10 heteroatoms. The Kier molecular flexibility index (Phi) is 7.32. The molecular weight excluding hydrogens is 475 g/mol. The number of aromatic nitrogens is 2. The number of rotatable bonds is 8. The average molecular weight is 502 g/mol. The lowest BCUT2D eigenvalue weighted by Gasteiger charge is -2.18. The molecule has 0 spiro atoms. The number of imidazole rings is 1. The Hall–Kier alpha value is -3.82. The van der Waals surface area contributed by atoms with Gasteiger partial charge in [-0.25, -0.2) is 4.98 Å². The smallest absolute Gasteiger partial charge is 0.423 e. The third-order valence-corrected chi connectivity index (χ3v) is 6.22. The predicted molar refractivity (Wildman–Crippen MR) is 125 cm³/mol. The molecule has 1 amide bonds. The Morgan fingerprint density at radius 2 is 1.78 bits per heavy atom. The highest BCUT2D eigenvalue weighted by atomic mass is 19.4. The van der Waals surface area contributed by atoms with Gasteiger partial charge in [-0.1, -0.05) is 37.1 Å². The lowest BCUT2D eigenvalue weighted by Crippen LogP contribution is -2.23. The Morgan fingerprint density at radius 1 is 1.11 bits per heavy atom. The van der Waals surface area contributed by atoms with E-state index >= 15 is 0 Å². The highest BCUT2D eigenvalue weighted by molar-refractivity contribution is 6.01. The van der Waals surface area contributed by atoms with Gasteiger partial charge in [0.2, 0.25) is 0 Å². The van der Waals surface area contributed by atoms with Crippen LogP contribution in [-0.4, -0.2) is 26.3 Å². The fourth-order valence-corrected chi connectivity index (χ4v) is 4.29. The molecule has 4 rings (SSSR count). The lowest BCUT2D eigenvalue weighted by atomic mass is 9.93. The van der Waals surface area contributed by atoms with Crippen molar-refractivity contribution in [3.63, 3.8) is 0 Å². The number of amides is 1. The fraction of sp³-hybridized carbons (Fsp3) is 0.346. The lowest BCUT2D eigenvalue weighted by molar-refractivity contribution is -0.140. The van der Waals surface area contributed by atoms with E-state index in [2.05, 4.69) is 10.3 Å². The molecule has 0 bridgehead atoms. The number of alkyl halides is 3. The van der Waals surface area contributed by atoms with Crippen LogP contribution >= 0.6 is 0 Å². The van der Waals surface area contributed by atoms with Crippen LogP contribution in [0.5, 0.6) is 11.5 Å².